The minimum atomic E-state index is -3.68. The number of benzene rings is 2. The quantitative estimate of drug-likeness (QED) is 0.692. The summed E-state index contributed by atoms with van der Waals surface area (Å²) in [6.45, 7) is 4.34. The Labute approximate surface area is 166 Å². The summed E-state index contributed by atoms with van der Waals surface area (Å²) in [6, 6.07) is 12.9. The summed E-state index contributed by atoms with van der Waals surface area (Å²) in [5.74, 6) is 0.195. The first-order valence-electron chi connectivity index (χ1n) is 8.87. The van der Waals surface area contributed by atoms with E-state index in [2.05, 4.69) is 5.32 Å². The van der Waals surface area contributed by atoms with E-state index in [0.29, 0.717) is 30.3 Å². The molecule has 1 atom stereocenters. The van der Waals surface area contributed by atoms with E-state index in [-0.39, 0.29) is 0 Å². The first kappa shape index (κ1) is 21.7. The molecule has 28 heavy (non-hydrogen) atoms. The van der Waals surface area contributed by atoms with Gasteiger partial charge in [-0.3, -0.25) is 9.10 Å². The first-order valence-corrected chi connectivity index (χ1v) is 10.7. The summed E-state index contributed by atoms with van der Waals surface area (Å²) < 4.78 is 36.3. The van der Waals surface area contributed by atoms with Gasteiger partial charge in [-0.1, -0.05) is 12.1 Å². The highest BCUT2D eigenvalue weighted by molar-refractivity contribution is 7.92. The third-order valence-electron chi connectivity index (χ3n) is 4.00. The molecule has 0 fully saturated rings. The van der Waals surface area contributed by atoms with Crippen molar-refractivity contribution in [2.24, 2.45) is 0 Å². The third kappa shape index (κ3) is 5.71. The number of nitrogens with one attached hydrogen (secondary N) is 1. The van der Waals surface area contributed by atoms with Gasteiger partial charge in [0.05, 0.1) is 25.2 Å². The summed E-state index contributed by atoms with van der Waals surface area (Å²) in [5.41, 5.74) is 1.87. The van der Waals surface area contributed by atoms with Crippen LogP contribution in [0.4, 0.5) is 11.4 Å². The van der Waals surface area contributed by atoms with Crippen LogP contribution in [0.5, 0.6) is 5.75 Å². The van der Waals surface area contributed by atoms with Gasteiger partial charge in [0.2, 0.25) is 15.9 Å². The molecule has 0 saturated carbocycles. The molecule has 0 heterocycles. The smallest absolute Gasteiger partial charge is 0.247 e. The molecule has 0 aliphatic heterocycles. The Morgan fingerprint density at radius 2 is 1.86 bits per heavy atom. The highest BCUT2D eigenvalue weighted by Gasteiger charge is 2.29. The van der Waals surface area contributed by atoms with Gasteiger partial charge in [-0.05, 0) is 55.8 Å². The highest BCUT2D eigenvalue weighted by Crippen LogP contribution is 2.24. The number of carbonyl (C=O) groups is 1. The predicted octanol–water partition coefficient (Wildman–Crippen LogP) is 3.02. The van der Waals surface area contributed by atoms with Crippen molar-refractivity contribution >= 4 is 27.3 Å². The van der Waals surface area contributed by atoms with Gasteiger partial charge in [0.15, 0.2) is 0 Å². The van der Waals surface area contributed by atoms with E-state index in [4.69, 9.17) is 9.47 Å². The van der Waals surface area contributed by atoms with Crippen LogP contribution < -0.4 is 14.4 Å². The van der Waals surface area contributed by atoms with Crippen LogP contribution in [0.15, 0.2) is 48.5 Å². The fraction of sp³-hybridized carbons (Fsp3) is 0.350. The van der Waals surface area contributed by atoms with Crippen molar-refractivity contribution in [3.63, 3.8) is 0 Å². The summed E-state index contributed by atoms with van der Waals surface area (Å²) in [5, 5.41) is 2.77. The van der Waals surface area contributed by atoms with Crippen molar-refractivity contribution in [3.05, 3.63) is 54.1 Å². The Morgan fingerprint density at radius 3 is 2.43 bits per heavy atom. The molecule has 7 nitrogen and oxygen atoms in total. The molecule has 0 radical (unpaired) electrons. The maximum absolute atomic E-state index is 12.7. The van der Waals surface area contributed by atoms with Gasteiger partial charge in [0.25, 0.3) is 0 Å². The summed E-state index contributed by atoms with van der Waals surface area (Å²) in [4.78, 5) is 12.7. The fourth-order valence-corrected chi connectivity index (χ4v) is 3.99. The van der Waals surface area contributed by atoms with Crippen molar-refractivity contribution in [1.82, 2.24) is 0 Å². The van der Waals surface area contributed by atoms with Gasteiger partial charge in [0, 0.05) is 12.8 Å². The van der Waals surface area contributed by atoms with E-state index in [1.807, 2.05) is 13.0 Å². The van der Waals surface area contributed by atoms with Crippen molar-refractivity contribution in [3.8, 4) is 5.75 Å². The Balaban J connectivity index is 2.24. The van der Waals surface area contributed by atoms with Gasteiger partial charge < -0.3 is 14.8 Å². The molecule has 8 heteroatoms. The predicted molar refractivity (Wildman–Crippen MR) is 110 cm³/mol. The molecule has 0 saturated heterocycles. The molecule has 0 aliphatic carbocycles. The lowest BCUT2D eigenvalue weighted by atomic mass is 10.2. The number of anilines is 2. The number of amides is 1. The number of rotatable bonds is 9. The summed E-state index contributed by atoms with van der Waals surface area (Å²) in [6.07, 6.45) is 1.08. The lowest BCUT2D eigenvalue weighted by Gasteiger charge is -2.28. The molecule has 1 N–H and O–H groups in total. The number of hydrogen-bond acceptors (Lipinski definition) is 5. The monoisotopic (exact) mass is 406 g/mol. The van der Waals surface area contributed by atoms with Crippen LogP contribution in [-0.4, -0.2) is 40.3 Å². The van der Waals surface area contributed by atoms with E-state index in [0.717, 1.165) is 16.1 Å². The van der Waals surface area contributed by atoms with Gasteiger partial charge in [-0.15, -0.1) is 0 Å². The number of hydrogen-bond donors (Lipinski definition) is 1. The van der Waals surface area contributed by atoms with Gasteiger partial charge in [-0.2, -0.15) is 0 Å². The Morgan fingerprint density at radius 1 is 1.18 bits per heavy atom. The minimum absolute atomic E-state index is 0.390. The van der Waals surface area contributed by atoms with Crippen LogP contribution >= 0.6 is 0 Å². The molecule has 0 bridgehead atoms. The minimum Gasteiger partial charge on any atom is -0.494 e. The standard InChI is InChI=1S/C20H26N2O5S/c1-5-27-19-11-9-18(10-12-19)22(28(4,24)25)15(2)20(23)21-17-8-6-7-16(13-17)14-26-3/h6-13,15H,5,14H2,1-4H3,(H,21,23)/t15-/m1/s1. The van der Waals surface area contributed by atoms with Crippen LogP contribution in [0.2, 0.25) is 0 Å². The second-order valence-electron chi connectivity index (χ2n) is 6.28. The molecule has 2 rings (SSSR count). The fourth-order valence-electron chi connectivity index (χ4n) is 2.82. The van der Waals surface area contributed by atoms with E-state index < -0.39 is 22.0 Å². The van der Waals surface area contributed by atoms with Crippen molar-refractivity contribution in [1.29, 1.82) is 0 Å². The second kappa shape index (κ2) is 9.57. The molecular formula is C20H26N2O5S. The Bertz CT molecular complexity index is 897. The van der Waals surface area contributed by atoms with Crippen LogP contribution in [0.25, 0.3) is 0 Å². The molecule has 2 aromatic carbocycles. The van der Waals surface area contributed by atoms with Crippen molar-refractivity contribution in [2.45, 2.75) is 26.5 Å². The molecule has 0 unspecified atom stereocenters. The second-order valence-corrected chi connectivity index (χ2v) is 8.14. The van der Waals surface area contributed by atoms with Crippen molar-refractivity contribution in [2.75, 3.05) is 29.6 Å². The number of carbonyl (C=O) groups excluding carboxylic acids is 1. The van der Waals surface area contributed by atoms with Crippen LogP contribution in [-0.2, 0) is 26.2 Å². The zero-order valence-corrected chi connectivity index (χ0v) is 17.3. The normalized spacial score (nSPS) is 12.3. The van der Waals surface area contributed by atoms with Crippen LogP contribution in [0, 0.1) is 0 Å². The number of methoxy groups -OCH3 is 1. The molecule has 2 aromatic rings. The van der Waals surface area contributed by atoms with E-state index in [1.165, 1.54) is 0 Å². The lowest BCUT2D eigenvalue weighted by molar-refractivity contribution is -0.116. The Hall–Kier alpha value is -2.58. The van der Waals surface area contributed by atoms with Gasteiger partial charge >= 0.3 is 0 Å². The SMILES string of the molecule is CCOc1ccc(N([C@H](C)C(=O)Nc2cccc(COC)c2)S(C)(=O)=O)cc1. The zero-order chi connectivity index (χ0) is 20.7. The maximum Gasteiger partial charge on any atom is 0.247 e. The number of nitrogens with zero attached hydrogens (tertiary/aromatic N) is 1. The summed E-state index contributed by atoms with van der Waals surface area (Å²) >= 11 is 0. The van der Waals surface area contributed by atoms with E-state index >= 15 is 0 Å². The highest BCUT2D eigenvalue weighted by atomic mass is 32.2. The van der Waals surface area contributed by atoms with Crippen molar-refractivity contribution < 1.29 is 22.7 Å². The molecule has 1 amide bonds. The average molecular weight is 407 g/mol. The Kier molecular flexibility index (Phi) is 7.42. The third-order valence-corrected chi connectivity index (χ3v) is 5.24. The molecular weight excluding hydrogens is 380 g/mol. The summed E-state index contributed by atoms with van der Waals surface area (Å²) in [7, 11) is -2.09. The van der Waals surface area contributed by atoms with Gasteiger partial charge in [-0.25, -0.2) is 8.42 Å². The maximum atomic E-state index is 12.7. The number of ether oxygens (including phenoxy) is 2. The molecule has 0 spiro atoms. The van der Waals surface area contributed by atoms with Gasteiger partial charge in [0.1, 0.15) is 11.8 Å². The molecule has 0 aliphatic rings. The molecule has 0 aromatic heterocycles. The average Bonchev–Trinajstić information content (AvgIpc) is 2.63. The van der Waals surface area contributed by atoms with Crippen LogP contribution in [0.1, 0.15) is 19.4 Å². The van der Waals surface area contributed by atoms with Crippen LogP contribution in [0.3, 0.4) is 0 Å². The van der Waals surface area contributed by atoms with E-state index in [9.17, 15) is 13.2 Å². The molecule has 152 valence electrons. The zero-order valence-electron chi connectivity index (χ0n) is 16.5. The largest absolute Gasteiger partial charge is 0.494 e. The number of sulfonamides is 1. The lowest BCUT2D eigenvalue weighted by Crippen LogP contribution is -2.45. The van der Waals surface area contributed by atoms with E-state index in [1.54, 1.807) is 56.5 Å². The topological polar surface area (TPSA) is 84.9 Å². The first-order chi connectivity index (χ1) is 13.3.